The van der Waals surface area contributed by atoms with Gasteiger partial charge in [-0.3, -0.25) is 4.79 Å². The second-order valence-electron chi connectivity index (χ2n) is 4.99. The molecule has 0 spiro atoms. The van der Waals surface area contributed by atoms with Crippen LogP contribution in [0.25, 0.3) is 0 Å². The lowest BCUT2D eigenvalue weighted by atomic mass is 10.1. The Labute approximate surface area is 123 Å². The molecule has 1 rings (SSSR count). The van der Waals surface area contributed by atoms with Crippen molar-refractivity contribution >= 4 is 11.9 Å². The van der Waals surface area contributed by atoms with E-state index in [-0.39, 0.29) is 6.54 Å². The molecule has 0 radical (unpaired) electrons. The normalized spacial score (nSPS) is 13.3. The van der Waals surface area contributed by atoms with Crippen LogP contribution in [0.3, 0.4) is 0 Å². The van der Waals surface area contributed by atoms with Crippen molar-refractivity contribution in [1.82, 2.24) is 5.32 Å². The highest BCUT2D eigenvalue weighted by Gasteiger charge is 2.30. The minimum Gasteiger partial charge on any atom is -0.494 e. The Balaban J connectivity index is 2.53. The van der Waals surface area contributed by atoms with E-state index in [0.29, 0.717) is 17.9 Å². The van der Waals surface area contributed by atoms with Crippen LogP contribution in [-0.2, 0) is 4.79 Å². The SMILES string of the molecule is CCCCOc1ccc(C(=O)NCC(C)(O)C(=O)O)cc1. The predicted molar refractivity (Wildman–Crippen MR) is 77.4 cm³/mol. The molecule has 1 amide bonds. The number of carbonyl (C=O) groups is 2. The van der Waals surface area contributed by atoms with Gasteiger partial charge in [-0.2, -0.15) is 0 Å². The van der Waals surface area contributed by atoms with Gasteiger partial charge in [0.2, 0.25) is 0 Å². The molecule has 1 aromatic carbocycles. The molecule has 0 aliphatic carbocycles. The summed E-state index contributed by atoms with van der Waals surface area (Å²) in [7, 11) is 0. The number of carbonyl (C=O) groups excluding carboxylic acids is 1. The number of hydrogen-bond acceptors (Lipinski definition) is 4. The van der Waals surface area contributed by atoms with Gasteiger partial charge in [0.15, 0.2) is 5.60 Å². The van der Waals surface area contributed by atoms with Crippen LogP contribution >= 0.6 is 0 Å². The largest absolute Gasteiger partial charge is 0.494 e. The first-order valence-electron chi connectivity index (χ1n) is 6.83. The second-order valence-corrected chi connectivity index (χ2v) is 4.99. The Bertz CT molecular complexity index is 481. The molecule has 0 fully saturated rings. The Morgan fingerprint density at radius 1 is 1.29 bits per heavy atom. The summed E-state index contributed by atoms with van der Waals surface area (Å²) in [5.41, 5.74) is -1.61. The van der Waals surface area contributed by atoms with Crippen LogP contribution in [0, 0.1) is 0 Å². The molecule has 6 heteroatoms. The fourth-order valence-electron chi connectivity index (χ4n) is 1.47. The number of carboxylic acid groups (broad SMARTS) is 1. The van der Waals surface area contributed by atoms with Crippen molar-refractivity contribution in [3.05, 3.63) is 29.8 Å². The van der Waals surface area contributed by atoms with Gasteiger partial charge in [0.05, 0.1) is 13.2 Å². The summed E-state index contributed by atoms with van der Waals surface area (Å²) in [5, 5.41) is 20.6. The van der Waals surface area contributed by atoms with Crippen LogP contribution in [0.5, 0.6) is 5.75 Å². The number of hydrogen-bond donors (Lipinski definition) is 3. The molecule has 6 nitrogen and oxygen atoms in total. The number of carboxylic acids is 1. The first-order chi connectivity index (χ1) is 9.86. The summed E-state index contributed by atoms with van der Waals surface area (Å²) >= 11 is 0. The lowest BCUT2D eigenvalue weighted by Gasteiger charge is -2.18. The quantitative estimate of drug-likeness (QED) is 0.631. The maximum Gasteiger partial charge on any atom is 0.337 e. The van der Waals surface area contributed by atoms with E-state index in [2.05, 4.69) is 12.2 Å². The average Bonchev–Trinajstić information content (AvgIpc) is 2.45. The van der Waals surface area contributed by atoms with Gasteiger partial charge < -0.3 is 20.3 Å². The van der Waals surface area contributed by atoms with Crippen molar-refractivity contribution < 1.29 is 24.5 Å². The molecule has 0 aliphatic rings. The number of amides is 1. The molecule has 0 bridgehead atoms. The summed E-state index contributed by atoms with van der Waals surface area (Å²) in [4.78, 5) is 22.6. The van der Waals surface area contributed by atoms with Gasteiger partial charge in [-0.05, 0) is 37.6 Å². The highest BCUT2D eigenvalue weighted by atomic mass is 16.5. The molecule has 0 saturated carbocycles. The van der Waals surface area contributed by atoms with Crippen molar-refractivity contribution in [2.24, 2.45) is 0 Å². The first kappa shape index (κ1) is 17.0. The summed E-state index contributed by atoms with van der Waals surface area (Å²) in [6, 6.07) is 6.54. The van der Waals surface area contributed by atoms with Gasteiger partial charge in [-0.15, -0.1) is 0 Å². The second kappa shape index (κ2) is 7.64. The molecule has 0 aromatic heterocycles. The molecule has 116 valence electrons. The van der Waals surface area contributed by atoms with Crippen molar-refractivity contribution in [3.8, 4) is 5.75 Å². The number of aliphatic carboxylic acids is 1. The third-order valence-corrected chi connectivity index (χ3v) is 2.94. The molecular weight excluding hydrogens is 274 g/mol. The maximum absolute atomic E-state index is 11.8. The van der Waals surface area contributed by atoms with Crippen LogP contribution in [0.1, 0.15) is 37.0 Å². The Morgan fingerprint density at radius 3 is 2.43 bits per heavy atom. The van der Waals surface area contributed by atoms with Crippen LogP contribution in [0.4, 0.5) is 0 Å². The van der Waals surface area contributed by atoms with Crippen LogP contribution < -0.4 is 10.1 Å². The standard InChI is InChI=1S/C15H21NO5/c1-3-4-9-21-12-7-5-11(6-8-12)13(17)16-10-15(2,20)14(18)19/h5-8,20H,3-4,9-10H2,1-2H3,(H,16,17)(H,18,19). The number of nitrogens with one attached hydrogen (secondary N) is 1. The monoisotopic (exact) mass is 295 g/mol. The van der Waals surface area contributed by atoms with Crippen LogP contribution in [0.15, 0.2) is 24.3 Å². The Kier molecular flexibility index (Phi) is 6.17. The number of benzene rings is 1. The molecular formula is C15H21NO5. The van der Waals surface area contributed by atoms with Crippen molar-refractivity contribution in [3.63, 3.8) is 0 Å². The molecule has 0 saturated heterocycles. The summed E-state index contributed by atoms with van der Waals surface area (Å²) < 4.78 is 5.48. The van der Waals surface area contributed by atoms with E-state index in [1.54, 1.807) is 24.3 Å². The highest BCUT2D eigenvalue weighted by Crippen LogP contribution is 2.13. The van der Waals surface area contributed by atoms with E-state index in [9.17, 15) is 14.7 Å². The van der Waals surface area contributed by atoms with Crippen molar-refractivity contribution in [1.29, 1.82) is 0 Å². The molecule has 1 atom stereocenters. The van der Waals surface area contributed by atoms with Crippen LogP contribution in [-0.4, -0.2) is 40.8 Å². The molecule has 0 aliphatic heterocycles. The average molecular weight is 295 g/mol. The third kappa shape index (κ3) is 5.43. The van der Waals surface area contributed by atoms with E-state index >= 15 is 0 Å². The lowest BCUT2D eigenvalue weighted by molar-refractivity contribution is -0.155. The van der Waals surface area contributed by atoms with Gasteiger partial charge in [0, 0.05) is 5.56 Å². The van der Waals surface area contributed by atoms with E-state index in [1.807, 2.05) is 0 Å². The lowest BCUT2D eigenvalue weighted by Crippen LogP contribution is -2.46. The van der Waals surface area contributed by atoms with Crippen molar-refractivity contribution in [2.75, 3.05) is 13.2 Å². The van der Waals surface area contributed by atoms with Gasteiger partial charge in [0.1, 0.15) is 5.75 Å². The number of aliphatic hydroxyl groups is 1. The maximum atomic E-state index is 11.8. The zero-order valence-corrected chi connectivity index (χ0v) is 12.3. The van der Waals surface area contributed by atoms with Gasteiger partial charge >= 0.3 is 5.97 Å². The van der Waals surface area contributed by atoms with E-state index in [4.69, 9.17) is 9.84 Å². The Morgan fingerprint density at radius 2 is 1.90 bits per heavy atom. The van der Waals surface area contributed by atoms with E-state index < -0.39 is 17.5 Å². The number of rotatable bonds is 8. The van der Waals surface area contributed by atoms with Gasteiger partial charge in [-0.25, -0.2) is 4.79 Å². The highest BCUT2D eigenvalue weighted by molar-refractivity contribution is 5.94. The van der Waals surface area contributed by atoms with E-state index in [1.165, 1.54) is 0 Å². The minimum atomic E-state index is -1.99. The predicted octanol–water partition coefficient (Wildman–Crippen LogP) is 1.43. The zero-order valence-electron chi connectivity index (χ0n) is 12.3. The molecule has 1 aromatic rings. The summed E-state index contributed by atoms with van der Waals surface area (Å²) in [5.74, 6) is -1.16. The fraction of sp³-hybridized carbons (Fsp3) is 0.467. The molecule has 1 unspecified atom stereocenters. The van der Waals surface area contributed by atoms with Crippen LogP contribution in [0.2, 0.25) is 0 Å². The van der Waals surface area contributed by atoms with Crippen molar-refractivity contribution in [2.45, 2.75) is 32.3 Å². The third-order valence-electron chi connectivity index (χ3n) is 2.94. The molecule has 3 N–H and O–H groups in total. The first-order valence-corrected chi connectivity index (χ1v) is 6.83. The van der Waals surface area contributed by atoms with Gasteiger partial charge in [0.25, 0.3) is 5.91 Å². The Hall–Kier alpha value is -2.08. The van der Waals surface area contributed by atoms with Gasteiger partial charge in [-0.1, -0.05) is 13.3 Å². The summed E-state index contributed by atoms with van der Waals surface area (Å²) in [6.07, 6.45) is 2.01. The zero-order chi connectivity index (χ0) is 15.9. The number of unbranched alkanes of at least 4 members (excludes halogenated alkanes) is 1. The molecule has 0 heterocycles. The smallest absolute Gasteiger partial charge is 0.337 e. The summed E-state index contributed by atoms with van der Waals surface area (Å²) in [6.45, 7) is 3.46. The fourth-order valence-corrected chi connectivity index (χ4v) is 1.47. The number of ether oxygens (including phenoxy) is 1. The minimum absolute atomic E-state index is 0.365. The topological polar surface area (TPSA) is 95.9 Å². The van der Waals surface area contributed by atoms with E-state index in [0.717, 1.165) is 19.8 Å². The molecule has 21 heavy (non-hydrogen) atoms.